The normalized spacial score (nSPS) is 11.3. The first-order valence-corrected chi connectivity index (χ1v) is 5.12. The topological polar surface area (TPSA) is 58.9 Å². The zero-order valence-electron chi connectivity index (χ0n) is 7.45. The molecular formula is C10H5BrN2O2. The van der Waals surface area contributed by atoms with Gasteiger partial charge < -0.3 is 4.42 Å². The van der Waals surface area contributed by atoms with Crippen LogP contribution < -0.4 is 5.56 Å². The Kier molecular flexibility index (Phi) is 1.70. The standard InChI is InChI=1S/C10H5BrN2O2/c11-10-12-7-5-3-1-2-4-6(5)15-8(7)9(14)13-10/h1-4H,(H,12,13,14). The number of benzene rings is 1. The van der Waals surface area contributed by atoms with Crippen molar-refractivity contribution in [1.82, 2.24) is 9.97 Å². The van der Waals surface area contributed by atoms with E-state index >= 15 is 0 Å². The van der Waals surface area contributed by atoms with Crippen molar-refractivity contribution in [3.8, 4) is 0 Å². The highest BCUT2D eigenvalue weighted by molar-refractivity contribution is 9.10. The van der Waals surface area contributed by atoms with Crippen LogP contribution >= 0.6 is 15.9 Å². The molecule has 0 unspecified atom stereocenters. The van der Waals surface area contributed by atoms with Gasteiger partial charge in [0.25, 0.3) is 5.56 Å². The molecule has 0 spiro atoms. The molecule has 5 heteroatoms. The first-order chi connectivity index (χ1) is 7.25. The number of hydrogen-bond donors (Lipinski definition) is 1. The van der Waals surface area contributed by atoms with Gasteiger partial charge in [0.15, 0.2) is 4.73 Å². The van der Waals surface area contributed by atoms with Crippen molar-refractivity contribution in [2.45, 2.75) is 0 Å². The predicted octanol–water partition coefficient (Wildman–Crippen LogP) is 2.43. The summed E-state index contributed by atoms with van der Waals surface area (Å²) in [5.41, 5.74) is 1.24. The molecule has 4 nitrogen and oxygen atoms in total. The lowest BCUT2D eigenvalue weighted by Gasteiger charge is -1.89. The van der Waals surface area contributed by atoms with Crippen molar-refractivity contribution in [3.63, 3.8) is 0 Å². The molecule has 0 aliphatic heterocycles. The zero-order chi connectivity index (χ0) is 10.4. The zero-order valence-corrected chi connectivity index (χ0v) is 9.04. The number of nitrogens with zero attached hydrogens (tertiary/aromatic N) is 1. The number of halogens is 1. The number of H-pyrrole nitrogens is 1. The van der Waals surface area contributed by atoms with Crippen molar-refractivity contribution in [2.24, 2.45) is 0 Å². The maximum absolute atomic E-state index is 11.5. The third-order valence-corrected chi connectivity index (χ3v) is 2.58. The molecule has 0 atom stereocenters. The van der Waals surface area contributed by atoms with Gasteiger partial charge in [0.1, 0.15) is 11.1 Å². The minimum atomic E-state index is -0.275. The molecule has 0 aliphatic rings. The number of para-hydroxylation sites is 1. The molecule has 0 fully saturated rings. The predicted molar refractivity (Wildman–Crippen MR) is 59.8 cm³/mol. The summed E-state index contributed by atoms with van der Waals surface area (Å²) in [7, 11) is 0. The molecule has 3 aromatic rings. The SMILES string of the molecule is O=c1[nH]c(Br)nc2c1oc1ccccc12. The Balaban J connectivity index is 2.67. The van der Waals surface area contributed by atoms with E-state index in [2.05, 4.69) is 25.9 Å². The van der Waals surface area contributed by atoms with E-state index in [-0.39, 0.29) is 11.1 Å². The second kappa shape index (κ2) is 2.93. The summed E-state index contributed by atoms with van der Waals surface area (Å²) in [6.07, 6.45) is 0. The first kappa shape index (κ1) is 8.67. The van der Waals surface area contributed by atoms with Crippen LogP contribution in [0.3, 0.4) is 0 Å². The maximum atomic E-state index is 11.5. The van der Waals surface area contributed by atoms with E-state index in [1.54, 1.807) is 0 Å². The third-order valence-electron chi connectivity index (χ3n) is 2.20. The molecule has 74 valence electrons. The quantitative estimate of drug-likeness (QED) is 0.635. The molecule has 0 amide bonds. The van der Waals surface area contributed by atoms with Gasteiger partial charge in [-0.1, -0.05) is 12.1 Å². The van der Waals surface area contributed by atoms with E-state index in [1.807, 2.05) is 24.3 Å². The number of furan rings is 1. The van der Waals surface area contributed by atoms with Crippen LogP contribution in [0.2, 0.25) is 0 Å². The van der Waals surface area contributed by atoms with E-state index in [1.165, 1.54) is 0 Å². The monoisotopic (exact) mass is 264 g/mol. The molecule has 0 saturated heterocycles. The van der Waals surface area contributed by atoms with Crippen molar-refractivity contribution in [3.05, 3.63) is 39.4 Å². The first-order valence-electron chi connectivity index (χ1n) is 4.33. The second-order valence-corrected chi connectivity index (χ2v) is 3.88. The lowest BCUT2D eigenvalue weighted by atomic mass is 10.2. The number of fused-ring (bicyclic) bond motifs is 3. The summed E-state index contributed by atoms with van der Waals surface area (Å²) in [5, 5.41) is 0.847. The minimum absolute atomic E-state index is 0.263. The summed E-state index contributed by atoms with van der Waals surface area (Å²) in [6.45, 7) is 0. The summed E-state index contributed by atoms with van der Waals surface area (Å²) in [5.74, 6) is 0. The van der Waals surface area contributed by atoms with Crippen LogP contribution in [0, 0.1) is 0 Å². The summed E-state index contributed by atoms with van der Waals surface area (Å²) in [4.78, 5) is 18.3. The van der Waals surface area contributed by atoms with Crippen LogP contribution in [0.1, 0.15) is 0 Å². The van der Waals surface area contributed by atoms with Gasteiger partial charge in [0, 0.05) is 5.39 Å². The van der Waals surface area contributed by atoms with Gasteiger partial charge >= 0.3 is 0 Å². The fourth-order valence-electron chi connectivity index (χ4n) is 1.57. The van der Waals surface area contributed by atoms with E-state index < -0.39 is 0 Å². The van der Waals surface area contributed by atoms with Gasteiger partial charge in [-0.05, 0) is 28.1 Å². The highest BCUT2D eigenvalue weighted by atomic mass is 79.9. The molecule has 0 bridgehead atoms. The van der Waals surface area contributed by atoms with Gasteiger partial charge in [-0.25, -0.2) is 4.98 Å². The van der Waals surface area contributed by atoms with Gasteiger partial charge in [-0.3, -0.25) is 9.78 Å². The molecule has 2 heterocycles. The average molecular weight is 265 g/mol. The highest BCUT2D eigenvalue weighted by Gasteiger charge is 2.11. The van der Waals surface area contributed by atoms with Crippen molar-refractivity contribution in [2.75, 3.05) is 0 Å². The molecule has 1 N–H and O–H groups in total. The average Bonchev–Trinajstić information content (AvgIpc) is 2.57. The number of hydrogen-bond acceptors (Lipinski definition) is 3. The fraction of sp³-hybridized carbons (Fsp3) is 0. The van der Waals surface area contributed by atoms with Gasteiger partial charge in [0.2, 0.25) is 5.58 Å². The van der Waals surface area contributed by atoms with Crippen molar-refractivity contribution in [1.29, 1.82) is 0 Å². The Morgan fingerprint density at radius 1 is 1.33 bits per heavy atom. The van der Waals surface area contributed by atoms with Crippen LogP contribution in [0.4, 0.5) is 0 Å². The number of nitrogens with one attached hydrogen (secondary N) is 1. The summed E-state index contributed by atoms with van der Waals surface area (Å²) < 4.78 is 5.82. The van der Waals surface area contributed by atoms with Crippen LogP contribution in [0.5, 0.6) is 0 Å². The lowest BCUT2D eigenvalue weighted by molar-refractivity contribution is 0.660. The van der Waals surface area contributed by atoms with Crippen LogP contribution in [-0.4, -0.2) is 9.97 Å². The number of rotatable bonds is 0. The Labute approximate surface area is 92.1 Å². The third kappa shape index (κ3) is 1.20. The highest BCUT2D eigenvalue weighted by Crippen LogP contribution is 2.24. The van der Waals surface area contributed by atoms with Crippen molar-refractivity contribution >= 4 is 38.0 Å². The second-order valence-electron chi connectivity index (χ2n) is 3.13. The van der Waals surface area contributed by atoms with Gasteiger partial charge in [-0.2, -0.15) is 0 Å². The number of aromatic nitrogens is 2. The number of aromatic amines is 1. The Morgan fingerprint density at radius 2 is 2.13 bits per heavy atom. The van der Waals surface area contributed by atoms with Crippen LogP contribution in [0.25, 0.3) is 22.1 Å². The largest absolute Gasteiger partial charge is 0.449 e. The van der Waals surface area contributed by atoms with Gasteiger partial charge in [-0.15, -0.1) is 0 Å². The van der Waals surface area contributed by atoms with E-state index in [0.29, 0.717) is 15.8 Å². The van der Waals surface area contributed by atoms with Crippen LogP contribution in [0.15, 0.2) is 38.2 Å². The molecule has 1 aromatic carbocycles. The van der Waals surface area contributed by atoms with E-state index in [9.17, 15) is 4.79 Å². The molecule has 0 aliphatic carbocycles. The molecule has 0 radical (unpaired) electrons. The van der Waals surface area contributed by atoms with E-state index in [4.69, 9.17) is 4.42 Å². The van der Waals surface area contributed by atoms with Crippen molar-refractivity contribution < 1.29 is 4.42 Å². The fourth-order valence-corrected chi connectivity index (χ4v) is 1.93. The van der Waals surface area contributed by atoms with E-state index in [0.717, 1.165) is 5.39 Å². The lowest BCUT2D eigenvalue weighted by Crippen LogP contribution is -2.06. The van der Waals surface area contributed by atoms with Gasteiger partial charge in [0.05, 0.1) is 0 Å². The smallest absolute Gasteiger partial charge is 0.295 e. The Morgan fingerprint density at radius 3 is 3.00 bits per heavy atom. The molecule has 0 saturated carbocycles. The molecule has 15 heavy (non-hydrogen) atoms. The maximum Gasteiger partial charge on any atom is 0.295 e. The molecule has 2 aromatic heterocycles. The minimum Gasteiger partial charge on any atom is -0.449 e. The summed E-state index contributed by atoms with van der Waals surface area (Å²) >= 11 is 3.15. The Hall–Kier alpha value is -1.62. The van der Waals surface area contributed by atoms with Crippen LogP contribution in [-0.2, 0) is 0 Å². The molecule has 3 rings (SSSR count). The summed E-state index contributed by atoms with van der Waals surface area (Å²) in [6, 6.07) is 7.42. The molecular weight excluding hydrogens is 260 g/mol. The Bertz CT molecular complexity index is 714.